The van der Waals surface area contributed by atoms with Crippen LogP contribution in [0.25, 0.3) is 0 Å². The molecule has 0 saturated carbocycles. The average Bonchev–Trinajstić information content (AvgIpc) is 3.21. The van der Waals surface area contributed by atoms with Crippen molar-refractivity contribution in [2.75, 3.05) is 22.9 Å². The number of benzene rings is 2. The standard InChI is InChI=1S/C22H19N3O4S.Na/c1-2-23-16-10-6-7-11-18(16)29-19(23)13-12-17-21(28)25(15-8-4-3-5-9-15)22(30)24(17)14-20(26)27;/h3-13H,2,14H2,1H3,(H,26,27);. The van der Waals surface area contributed by atoms with Gasteiger partial charge in [0.25, 0.3) is 5.91 Å². The number of carbonyl (C=O) groups excluding carboxylic acids is 1. The Morgan fingerprint density at radius 1 is 1.06 bits per heavy atom. The van der Waals surface area contributed by atoms with Crippen molar-refractivity contribution >= 4 is 70.1 Å². The van der Waals surface area contributed by atoms with Crippen molar-refractivity contribution < 1.29 is 19.4 Å². The van der Waals surface area contributed by atoms with E-state index in [2.05, 4.69) is 0 Å². The molecule has 0 atom stereocenters. The van der Waals surface area contributed by atoms with E-state index in [0.717, 1.165) is 11.4 Å². The Bertz CT molecular complexity index is 1090. The third kappa shape index (κ3) is 4.38. The maximum absolute atomic E-state index is 13.1. The minimum atomic E-state index is -1.08. The number of aliphatic carboxylic acids is 1. The first kappa shape index (κ1) is 23.0. The molecule has 2 aromatic rings. The van der Waals surface area contributed by atoms with Crippen LogP contribution in [-0.2, 0) is 9.59 Å². The molecule has 0 aliphatic carbocycles. The van der Waals surface area contributed by atoms with Gasteiger partial charge in [-0.3, -0.25) is 14.5 Å². The van der Waals surface area contributed by atoms with Crippen LogP contribution in [0, 0.1) is 0 Å². The van der Waals surface area contributed by atoms with Crippen LogP contribution in [0.5, 0.6) is 5.75 Å². The number of anilines is 2. The number of amides is 1. The Morgan fingerprint density at radius 2 is 1.74 bits per heavy atom. The summed E-state index contributed by atoms with van der Waals surface area (Å²) in [7, 11) is 0. The number of thiocarbonyl (C=S) groups is 1. The number of carboxylic acid groups (broad SMARTS) is 1. The second-order valence-corrected chi connectivity index (χ2v) is 6.97. The third-order valence-corrected chi connectivity index (χ3v) is 5.18. The Balaban J connectivity index is 0.00000272. The van der Waals surface area contributed by atoms with Gasteiger partial charge in [-0.2, -0.15) is 0 Å². The van der Waals surface area contributed by atoms with E-state index in [-0.39, 0.29) is 46.3 Å². The third-order valence-electron chi connectivity index (χ3n) is 4.78. The summed E-state index contributed by atoms with van der Waals surface area (Å²) in [5.74, 6) is -0.190. The molecule has 0 aromatic heterocycles. The van der Waals surface area contributed by atoms with E-state index in [4.69, 9.17) is 17.0 Å². The van der Waals surface area contributed by atoms with Crippen LogP contribution in [0.15, 0.2) is 78.3 Å². The topological polar surface area (TPSA) is 73.3 Å². The van der Waals surface area contributed by atoms with Crippen LogP contribution in [0.2, 0.25) is 0 Å². The molecular formula is C22H19N3NaO4S. The molecule has 2 heterocycles. The van der Waals surface area contributed by atoms with E-state index in [1.807, 2.05) is 42.2 Å². The SMILES string of the molecule is CCN1C(=CC=C2C(=O)N(c3ccccc3)C(=S)N2CC(=O)O)Oc2ccccc21.[Na]. The largest absolute Gasteiger partial charge is 0.480 e. The van der Waals surface area contributed by atoms with Gasteiger partial charge in [0.2, 0.25) is 5.88 Å². The number of hydrogen-bond donors (Lipinski definition) is 1. The molecule has 4 rings (SSSR count). The maximum Gasteiger partial charge on any atom is 0.323 e. The molecule has 1 saturated heterocycles. The number of carbonyl (C=O) groups is 2. The quantitative estimate of drug-likeness (QED) is 0.432. The van der Waals surface area contributed by atoms with Crippen molar-refractivity contribution in [3.05, 3.63) is 78.3 Å². The monoisotopic (exact) mass is 444 g/mol. The van der Waals surface area contributed by atoms with Gasteiger partial charge in [0.15, 0.2) is 10.9 Å². The summed E-state index contributed by atoms with van der Waals surface area (Å²) in [4.78, 5) is 29.2. The molecule has 2 aliphatic rings. The molecule has 31 heavy (non-hydrogen) atoms. The molecule has 2 aliphatic heterocycles. The van der Waals surface area contributed by atoms with E-state index < -0.39 is 12.5 Å². The molecule has 1 fully saturated rings. The van der Waals surface area contributed by atoms with Crippen LogP contribution >= 0.6 is 12.2 Å². The minimum absolute atomic E-state index is 0. The predicted molar refractivity (Wildman–Crippen MR) is 123 cm³/mol. The van der Waals surface area contributed by atoms with Crippen LogP contribution < -0.4 is 14.5 Å². The van der Waals surface area contributed by atoms with E-state index in [9.17, 15) is 14.7 Å². The summed E-state index contributed by atoms with van der Waals surface area (Å²) in [6.45, 7) is 2.25. The van der Waals surface area contributed by atoms with Gasteiger partial charge in [0.05, 0.1) is 11.4 Å². The Kier molecular flexibility index (Phi) is 7.17. The Hall–Kier alpha value is -2.65. The molecular weight excluding hydrogens is 425 g/mol. The number of carboxylic acids is 1. The molecule has 0 bridgehead atoms. The van der Waals surface area contributed by atoms with Gasteiger partial charge < -0.3 is 19.6 Å². The van der Waals surface area contributed by atoms with Crippen LogP contribution in [0.3, 0.4) is 0 Å². The van der Waals surface area contributed by atoms with Gasteiger partial charge in [-0.15, -0.1) is 0 Å². The van der Waals surface area contributed by atoms with Crippen LogP contribution in [-0.4, -0.2) is 69.6 Å². The van der Waals surface area contributed by atoms with Gasteiger partial charge in [0, 0.05) is 42.2 Å². The second-order valence-electron chi connectivity index (χ2n) is 6.61. The molecule has 153 valence electrons. The average molecular weight is 444 g/mol. The molecule has 7 nitrogen and oxygen atoms in total. The van der Waals surface area contributed by atoms with E-state index >= 15 is 0 Å². The smallest absolute Gasteiger partial charge is 0.323 e. The second kappa shape index (κ2) is 9.65. The van der Waals surface area contributed by atoms with Crippen molar-refractivity contribution in [1.29, 1.82) is 0 Å². The minimum Gasteiger partial charge on any atom is -0.480 e. The fraction of sp³-hybridized carbons (Fsp3) is 0.136. The fourth-order valence-electron chi connectivity index (χ4n) is 3.45. The summed E-state index contributed by atoms with van der Waals surface area (Å²) in [5.41, 5.74) is 1.69. The number of para-hydroxylation sites is 3. The zero-order valence-corrected chi connectivity index (χ0v) is 20.0. The summed E-state index contributed by atoms with van der Waals surface area (Å²) in [6.07, 6.45) is 3.23. The molecule has 9 heteroatoms. The number of rotatable bonds is 5. The van der Waals surface area contributed by atoms with E-state index in [0.29, 0.717) is 18.1 Å². The molecule has 2 aromatic carbocycles. The summed E-state index contributed by atoms with van der Waals surface area (Å²) in [5, 5.41) is 9.45. The van der Waals surface area contributed by atoms with Gasteiger partial charge >= 0.3 is 5.97 Å². The van der Waals surface area contributed by atoms with E-state index in [1.54, 1.807) is 36.4 Å². The molecule has 1 radical (unpaired) electrons. The van der Waals surface area contributed by atoms with Gasteiger partial charge in [-0.1, -0.05) is 30.3 Å². The maximum atomic E-state index is 13.1. The number of ether oxygens (including phenoxy) is 1. The predicted octanol–water partition coefficient (Wildman–Crippen LogP) is 2.97. The van der Waals surface area contributed by atoms with Crippen molar-refractivity contribution in [3.63, 3.8) is 0 Å². The summed E-state index contributed by atoms with van der Waals surface area (Å²) < 4.78 is 5.91. The number of hydrogen-bond acceptors (Lipinski definition) is 5. The van der Waals surface area contributed by atoms with Crippen molar-refractivity contribution in [3.8, 4) is 5.75 Å². The number of fused-ring (bicyclic) bond motifs is 1. The van der Waals surface area contributed by atoms with Gasteiger partial charge in [-0.05, 0) is 49.5 Å². The van der Waals surface area contributed by atoms with E-state index in [1.165, 1.54) is 9.80 Å². The van der Waals surface area contributed by atoms with Crippen molar-refractivity contribution in [2.24, 2.45) is 0 Å². The van der Waals surface area contributed by atoms with Crippen LogP contribution in [0.4, 0.5) is 11.4 Å². The molecule has 1 amide bonds. The summed E-state index contributed by atoms with van der Waals surface area (Å²) >= 11 is 5.43. The molecule has 1 N–H and O–H groups in total. The van der Waals surface area contributed by atoms with Gasteiger partial charge in [-0.25, -0.2) is 0 Å². The first-order chi connectivity index (χ1) is 14.5. The number of nitrogens with zero attached hydrogens (tertiary/aromatic N) is 3. The number of allylic oxidation sites excluding steroid dienone is 2. The van der Waals surface area contributed by atoms with Crippen LogP contribution in [0.1, 0.15) is 6.92 Å². The normalized spacial score (nSPS) is 17.8. The summed E-state index contributed by atoms with van der Waals surface area (Å²) in [6, 6.07) is 16.6. The first-order valence-corrected chi connectivity index (χ1v) is 9.81. The van der Waals surface area contributed by atoms with Crippen molar-refractivity contribution in [2.45, 2.75) is 6.92 Å². The Labute approximate surface area is 207 Å². The fourth-order valence-corrected chi connectivity index (χ4v) is 3.80. The zero-order valence-electron chi connectivity index (χ0n) is 17.2. The Morgan fingerprint density at radius 3 is 2.42 bits per heavy atom. The zero-order chi connectivity index (χ0) is 21.3. The molecule has 0 spiro atoms. The van der Waals surface area contributed by atoms with Gasteiger partial charge in [0.1, 0.15) is 12.2 Å². The van der Waals surface area contributed by atoms with Crippen molar-refractivity contribution in [1.82, 2.24) is 4.90 Å². The molecule has 0 unspecified atom stereocenters. The first-order valence-electron chi connectivity index (χ1n) is 9.40.